The SMILES string of the molecule is Cc1ccc(CS(=O)Cc2ccc(C(=O)NC3CCCCCC3)o2)cc1. The quantitative estimate of drug-likeness (QED) is 0.759. The molecule has 2 aromatic rings. The van der Waals surface area contributed by atoms with Crippen LogP contribution in [0.4, 0.5) is 0 Å². The first-order chi connectivity index (χ1) is 12.6. The molecule has 1 aromatic carbocycles. The zero-order valence-electron chi connectivity index (χ0n) is 15.3. The van der Waals surface area contributed by atoms with Crippen LogP contribution in [-0.2, 0) is 22.3 Å². The second kappa shape index (κ2) is 9.17. The van der Waals surface area contributed by atoms with E-state index in [1.165, 1.54) is 31.2 Å². The Labute approximate surface area is 157 Å². The van der Waals surface area contributed by atoms with Crippen LogP contribution < -0.4 is 5.32 Å². The second-order valence-electron chi connectivity index (χ2n) is 7.14. The standard InChI is InChI=1S/C21H27NO3S/c1-16-8-10-17(11-9-16)14-26(24)15-19-12-13-20(25-19)21(23)22-18-6-4-2-3-5-7-18/h8-13,18H,2-7,14-15H2,1H3,(H,22,23). The normalized spacial score (nSPS) is 16.8. The lowest BCUT2D eigenvalue weighted by Gasteiger charge is -2.14. The Kier molecular flexibility index (Phi) is 6.67. The summed E-state index contributed by atoms with van der Waals surface area (Å²) in [5, 5.41) is 3.08. The van der Waals surface area contributed by atoms with Gasteiger partial charge in [0, 0.05) is 22.6 Å². The van der Waals surface area contributed by atoms with Crippen LogP contribution in [0.5, 0.6) is 0 Å². The third-order valence-corrected chi connectivity index (χ3v) is 6.09. The van der Waals surface area contributed by atoms with Gasteiger partial charge in [-0.15, -0.1) is 0 Å². The highest BCUT2D eigenvalue weighted by Gasteiger charge is 2.18. The average molecular weight is 374 g/mol. The molecule has 3 rings (SSSR count). The maximum absolute atomic E-state index is 12.4. The molecule has 140 valence electrons. The van der Waals surface area contributed by atoms with Gasteiger partial charge in [0.25, 0.3) is 5.91 Å². The van der Waals surface area contributed by atoms with Gasteiger partial charge in [-0.3, -0.25) is 9.00 Å². The van der Waals surface area contributed by atoms with Crippen molar-refractivity contribution in [3.63, 3.8) is 0 Å². The highest BCUT2D eigenvalue weighted by molar-refractivity contribution is 7.83. The number of hydrogen-bond acceptors (Lipinski definition) is 3. The molecule has 1 heterocycles. The van der Waals surface area contributed by atoms with Crippen molar-refractivity contribution in [2.45, 2.75) is 63.0 Å². The van der Waals surface area contributed by atoms with Crippen LogP contribution in [0.2, 0.25) is 0 Å². The van der Waals surface area contributed by atoms with E-state index in [0.29, 0.717) is 23.0 Å². The van der Waals surface area contributed by atoms with Gasteiger partial charge in [-0.05, 0) is 37.5 Å². The lowest BCUT2D eigenvalue weighted by Crippen LogP contribution is -2.34. The Bertz CT molecular complexity index is 743. The van der Waals surface area contributed by atoms with Crippen LogP contribution in [0.15, 0.2) is 40.8 Å². The predicted molar refractivity (Wildman–Crippen MR) is 104 cm³/mol. The summed E-state index contributed by atoms with van der Waals surface area (Å²) in [6.45, 7) is 2.03. The summed E-state index contributed by atoms with van der Waals surface area (Å²) in [5.41, 5.74) is 2.24. The van der Waals surface area contributed by atoms with Crippen LogP contribution in [0.1, 0.15) is 66.0 Å². The molecule has 1 fully saturated rings. The van der Waals surface area contributed by atoms with Gasteiger partial charge >= 0.3 is 0 Å². The molecule has 0 aliphatic heterocycles. The van der Waals surface area contributed by atoms with Crippen molar-refractivity contribution in [2.75, 3.05) is 0 Å². The van der Waals surface area contributed by atoms with Gasteiger partial charge in [0.1, 0.15) is 5.76 Å². The highest BCUT2D eigenvalue weighted by Crippen LogP contribution is 2.18. The molecular weight excluding hydrogens is 346 g/mol. The van der Waals surface area contributed by atoms with Gasteiger partial charge in [0.05, 0.1) is 5.75 Å². The van der Waals surface area contributed by atoms with Crippen LogP contribution in [0, 0.1) is 6.92 Å². The molecule has 1 unspecified atom stereocenters. The van der Waals surface area contributed by atoms with Crippen LogP contribution in [0.25, 0.3) is 0 Å². The van der Waals surface area contributed by atoms with Gasteiger partial charge in [-0.25, -0.2) is 0 Å². The van der Waals surface area contributed by atoms with Crippen molar-refractivity contribution in [1.82, 2.24) is 5.32 Å². The van der Waals surface area contributed by atoms with Crippen molar-refractivity contribution in [3.8, 4) is 0 Å². The van der Waals surface area contributed by atoms with Gasteiger partial charge in [0.15, 0.2) is 5.76 Å². The molecule has 5 heteroatoms. The van der Waals surface area contributed by atoms with Crippen molar-refractivity contribution in [2.24, 2.45) is 0 Å². The van der Waals surface area contributed by atoms with E-state index in [0.717, 1.165) is 18.4 Å². The molecule has 0 radical (unpaired) electrons. The molecule has 1 aliphatic carbocycles. The number of carbonyl (C=O) groups is 1. The first-order valence-electron chi connectivity index (χ1n) is 9.40. The predicted octanol–water partition coefficient (Wildman–Crippen LogP) is 4.49. The van der Waals surface area contributed by atoms with Crippen molar-refractivity contribution in [1.29, 1.82) is 0 Å². The Morgan fingerprint density at radius 1 is 1.04 bits per heavy atom. The number of nitrogens with one attached hydrogen (secondary N) is 1. The number of aryl methyl sites for hydroxylation is 1. The number of furan rings is 1. The highest BCUT2D eigenvalue weighted by atomic mass is 32.2. The van der Waals surface area contributed by atoms with E-state index in [2.05, 4.69) is 5.32 Å². The van der Waals surface area contributed by atoms with E-state index < -0.39 is 10.8 Å². The number of hydrogen-bond donors (Lipinski definition) is 1. The smallest absolute Gasteiger partial charge is 0.287 e. The number of carbonyl (C=O) groups excluding carboxylic acids is 1. The van der Waals surface area contributed by atoms with Crippen molar-refractivity contribution in [3.05, 3.63) is 59.0 Å². The van der Waals surface area contributed by atoms with Gasteiger partial charge < -0.3 is 9.73 Å². The molecule has 1 N–H and O–H groups in total. The van der Waals surface area contributed by atoms with E-state index in [1.807, 2.05) is 31.2 Å². The molecule has 1 amide bonds. The zero-order valence-corrected chi connectivity index (χ0v) is 16.1. The number of benzene rings is 1. The van der Waals surface area contributed by atoms with E-state index >= 15 is 0 Å². The average Bonchev–Trinajstić information content (AvgIpc) is 2.93. The Hall–Kier alpha value is -1.88. The molecule has 0 bridgehead atoms. The Morgan fingerprint density at radius 2 is 1.73 bits per heavy atom. The summed E-state index contributed by atoms with van der Waals surface area (Å²) in [6.07, 6.45) is 6.94. The van der Waals surface area contributed by atoms with Crippen LogP contribution >= 0.6 is 0 Å². The van der Waals surface area contributed by atoms with E-state index in [9.17, 15) is 9.00 Å². The van der Waals surface area contributed by atoms with Gasteiger partial charge in [0.2, 0.25) is 0 Å². The summed E-state index contributed by atoms with van der Waals surface area (Å²) < 4.78 is 18.0. The summed E-state index contributed by atoms with van der Waals surface area (Å²) in [4.78, 5) is 12.4. The Balaban J connectivity index is 1.52. The van der Waals surface area contributed by atoms with E-state index in [4.69, 9.17) is 4.42 Å². The van der Waals surface area contributed by atoms with Crippen LogP contribution in [0.3, 0.4) is 0 Å². The van der Waals surface area contributed by atoms with Crippen molar-refractivity contribution >= 4 is 16.7 Å². The first kappa shape index (κ1) is 18.9. The molecule has 1 aromatic heterocycles. The molecule has 0 saturated heterocycles. The summed E-state index contributed by atoms with van der Waals surface area (Å²) in [5.74, 6) is 1.57. The molecule has 4 nitrogen and oxygen atoms in total. The second-order valence-corrected chi connectivity index (χ2v) is 8.60. The minimum Gasteiger partial charge on any atom is -0.455 e. The third-order valence-electron chi connectivity index (χ3n) is 4.83. The van der Waals surface area contributed by atoms with Crippen molar-refractivity contribution < 1.29 is 13.4 Å². The molecule has 26 heavy (non-hydrogen) atoms. The lowest BCUT2D eigenvalue weighted by molar-refractivity contribution is 0.0904. The largest absolute Gasteiger partial charge is 0.455 e. The minimum absolute atomic E-state index is 0.160. The van der Waals surface area contributed by atoms with Gasteiger partial charge in [-0.1, -0.05) is 55.5 Å². The maximum atomic E-state index is 12.4. The van der Waals surface area contributed by atoms with E-state index in [1.54, 1.807) is 12.1 Å². The first-order valence-corrected chi connectivity index (χ1v) is 10.9. The summed E-state index contributed by atoms with van der Waals surface area (Å²) in [7, 11) is -1.06. The lowest BCUT2D eigenvalue weighted by atomic mass is 10.1. The molecule has 0 spiro atoms. The number of amides is 1. The fourth-order valence-electron chi connectivity index (χ4n) is 3.34. The molecule has 1 atom stereocenters. The van der Waals surface area contributed by atoms with E-state index in [-0.39, 0.29) is 11.9 Å². The Morgan fingerprint density at radius 3 is 2.42 bits per heavy atom. The fraction of sp³-hybridized carbons (Fsp3) is 0.476. The zero-order chi connectivity index (χ0) is 18.4. The summed E-state index contributed by atoms with van der Waals surface area (Å²) in [6, 6.07) is 11.7. The van der Waals surface area contributed by atoms with Gasteiger partial charge in [-0.2, -0.15) is 0 Å². The molecule has 1 saturated carbocycles. The third kappa shape index (κ3) is 5.56. The monoisotopic (exact) mass is 373 g/mol. The topological polar surface area (TPSA) is 59.3 Å². The van der Waals surface area contributed by atoms with Crippen LogP contribution in [-0.4, -0.2) is 16.2 Å². The minimum atomic E-state index is -1.06. The maximum Gasteiger partial charge on any atom is 0.287 e. The molecular formula is C21H27NO3S. The number of rotatable bonds is 6. The summed E-state index contributed by atoms with van der Waals surface area (Å²) >= 11 is 0. The fourth-order valence-corrected chi connectivity index (χ4v) is 4.48. The molecule has 1 aliphatic rings.